The SMILES string of the molecule is CC(C(=O)O)C(C)C(=O)N1CCCC1c1ccc[nH]1. The molecule has 19 heavy (non-hydrogen) atoms. The summed E-state index contributed by atoms with van der Waals surface area (Å²) in [7, 11) is 0. The van der Waals surface area contributed by atoms with Crippen LogP contribution in [0.5, 0.6) is 0 Å². The number of rotatable bonds is 4. The summed E-state index contributed by atoms with van der Waals surface area (Å²) in [4.78, 5) is 28.4. The van der Waals surface area contributed by atoms with E-state index in [1.807, 2.05) is 23.2 Å². The minimum absolute atomic E-state index is 0.0611. The van der Waals surface area contributed by atoms with E-state index < -0.39 is 17.8 Å². The molecule has 3 unspecified atom stereocenters. The van der Waals surface area contributed by atoms with Crippen LogP contribution in [-0.2, 0) is 9.59 Å². The Balaban J connectivity index is 2.12. The lowest BCUT2D eigenvalue weighted by Crippen LogP contribution is -2.38. The van der Waals surface area contributed by atoms with E-state index in [4.69, 9.17) is 5.11 Å². The molecule has 0 bridgehead atoms. The topological polar surface area (TPSA) is 73.4 Å². The highest BCUT2D eigenvalue weighted by Gasteiger charge is 2.36. The summed E-state index contributed by atoms with van der Waals surface area (Å²) < 4.78 is 0. The van der Waals surface area contributed by atoms with Crippen molar-refractivity contribution >= 4 is 11.9 Å². The summed E-state index contributed by atoms with van der Waals surface area (Å²) >= 11 is 0. The van der Waals surface area contributed by atoms with E-state index >= 15 is 0 Å². The maximum atomic E-state index is 12.4. The molecule has 1 aliphatic heterocycles. The zero-order valence-electron chi connectivity index (χ0n) is 11.3. The molecule has 1 fully saturated rings. The second-order valence-electron chi connectivity index (χ2n) is 5.23. The normalized spacial score (nSPS) is 22.2. The Labute approximate surface area is 112 Å². The number of hydrogen-bond donors (Lipinski definition) is 2. The first-order valence-corrected chi connectivity index (χ1v) is 6.69. The predicted octanol–water partition coefficient (Wildman–Crippen LogP) is 2.03. The largest absolute Gasteiger partial charge is 0.481 e. The summed E-state index contributed by atoms with van der Waals surface area (Å²) in [5.41, 5.74) is 1.03. The van der Waals surface area contributed by atoms with Crippen LogP contribution in [0.25, 0.3) is 0 Å². The van der Waals surface area contributed by atoms with Gasteiger partial charge in [0.05, 0.1) is 12.0 Å². The van der Waals surface area contributed by atoms with Gasteiger partial charge in [-0.25, -0.2) is 0 Å². The summed E-state index contributed by atoms with van der Waals surface area (Å²) in [5.74, 6) is -2.13. The van der Waals surface area contributed by atoms with Gasteiger partial charge in [-0.2, -0.15) is 0 Å². The number of aliphatic carboxylic acids is 1. The molecule has 1 amide bonds. The van der Waals surface area contributed by atoms with E-state index in [2.05, 4.69) is 4.98 Å². The molecule has 2 heterocycles. The van der Waals surface area contributed by atoms with Crippen LogP contribution in [-0.4, -0.2) is 33.4 Å². The summed E-state index contributed by atoms with van der Waals surface area (Å²) in [6, 6.07) is 3.95. The molecule has 104 valence electrons. The van der Waals surface area contributed by atoms with Crippen molar-refractivity contribution < 1.29 is 14.7 Å². The molecular formula is C14H20N2O3. The van der Waals surface area contributed by atoms with Gasteiger partial charge in [0.1, 0.15) is 0 Å². The van der Waals surface area contributed by atoms with Gasteiger partial charge >= 0.3 is 5.97 Å². The fourth-order valence-corrected chi connectivity index (χ4v) is 2.59. The highest BCUT2D eigenvalue weighted by Crippen LogP contribution is 2.33. The zero-order valence-corrected chi connectivity index (χ0v) is 11.3. The minimum Gasteiger partial charge on any atom is -0.481 e. The van der Waals surface area contributed by atoms with E-state index in [0.29, 0.717) is 6.54 Å². The monoisotopic (exact) mass is 264 g/mol. The minimum atomic E-state index is -0.920. The number of likely N-dealkylation sites (tertiary alicyclic amines) is 1. The quantitative estimate of drug-likeness (QED) is 0.874. The number of aromatic amines is 1. The number of hydrogen-bond acceptors (Lipinski definition) is 2. The highest BCUT2D eigenvalue weighted by atomic mass is 16.4. The van der Waals surface area contributed by atoms with Crippen LogP contribution in [0.3, 0.4) is 0 Å². The van der Waals surface area contributed by atoms with Gasteiger partial charge in [-0.3, -0.25) is 9.59 Å². The summed E-state index contributed by atoms with van der Waals surface area (Å²) in [6.07, 6.45) is 3.74. The van der Waals surface area contributed by atoms with Gasteiger partial charge in [-0.1, -0.05) is 13.8 Å². The van der Waals surface area contributed by atoms with Crippen LogP contribution in [0, 0.1) is 11.8 Å². The average Bonchev–Trinajstić information content (AvgIpc) is 3.05. The van der Waals surface area contributed by atoms with Crippen LogP contribution >= 0.6 is 0 Å². The van der Waals surface area contributed by atoms with Crippen LogP contribution in [0.1, 0.15) is 38.4 Å². The Hall–Kier alpha value is -1.78. The molecule has 5 nitrogen and oxygen atoms in total. The van der Waals surface area contributed by atoms with Crippen molar-refractivity contribution in [1.29, 1.82) is 0 Å². The smallest absolute Gasteiger partial charge is 0.307 e. The molecule has 5 heteroatoms. The third-order valence-electron chi connectivity index (χ3n) is 4.05. The zero-order chi connectivity index (χ0) is 14.0. The lowest BCUT2D eigenvalue weighted by atomic mass is 9.94. The number of nitrogens with zero attached hydrogens (tertiary/aromatic N) is 1. The maximum Gasteiger partial charge on any atom is 0.307 e. The van der Waals surface area contributed by atoms with Crippen molar-refractivity contribution in [3.8, 4) is 0 Å². The van der Waals surface area contributed by atoms with E-state index in [9.17, 15) is 9.59 Å². The van der Waals surface area contributed by atoms with Crippen molar-refractivity contribution in [2.45, 2.75) is 32.7 Å². The molecule has 1 saturated heterocycles. The van der Waals surface area contributed by atoms with Crippen molar-refractivity contribution in [2.24, 2.45) is 11.8 Å². The Morgan fingerprint density at radius 3 is 2.74 bits per heavy atom. The molecule has 0 radical (unpaired) electrons. The molecule has 1 aromatic rings. The summed E-state index contributed by atoms with van der Waals surface area (Å²) in [5, 5.41) is 9.02. The Kier molecular flexibility index (Phi) is 3.93. The number of carboxylic acid groups (broad SMARTS) is 1. The number of aromatic nitrogens is 1. The number of amides is 1. The number of carboxylic acids is 1. The Morgan fingerprint density at radius 2 is 2.16 bits per heavy atom. The van der Waals surface area contributed by atoms with E-state index in [0.717, 1.165) is 18.5 Å². The number of carbonyl (C=O) groups excluding carboxylic acids is 1. The molecule has 2 rings (SSSR count). The van der Waals surface area contributed by atoms with Gasteiger partial charge < -0.3 is 15.0 Å². The lowest BCUT2D eigenvalue weighted by molar-refractivity contribution is -0.149. The fourth-order valence-electron chi connectivity index (χ4n) is 2.59. The van der Waals surface area contributed by atoms with Crippen molar-refractivity contribution in [1.82, 2.24) is 9.88 Å². The average molecular weight is 264 g/mol. The van der Waals surface area contributed by atoms with Gasteiger partial charge in [0, 0.05) is 24.4 Å². The third-order valence-corrected chi connectivity index (χ3v) is 4.05. The van der Waals surface area contributed by atoms with Gasteiger partial charge in [-0.05, 0) is 25.0 Å². The Morgan fingerprint density at radius 1 is 1.42 bits per heavy atom. The Bertz CT molecular complexity index is 455. The van der Waals surface area contributed by atoms with Crippen LogP contribution < -0.4 is 0 Å². The van der Waals surface area contributed by atoms with Gasteiger partial charge in [-0.15, -0.1) is 0 Å². The van der Waals surface area contributed by atoms with Crippen LogP contribution in [0.2, 0.25) is 0 Å². The first-order chi connectivity index (χ1) is 9.02. The third kappa shape index (κ3) is 2.64. The molecule has 0 spiro atoms. The van der Waals surface area contributed by atoms with E-state index in [-0.39, 0.29) is 11.9 Å². The highest BCUT2D eigenvalue weighted by molar-refractivity contribution is 5.84. The predicted molar refractivity (Wildman–Crippen MR) is 70.4 cm³/mol. The number of H-pyrrole nitrogens is 1. The molecule has 1 aliphatic rings. The lowest BCUT2D eigenvalue weighted by Gasteiger charge is -2.28. The molecule has 3 atom stereocenters. The second kappa shape index (κ2) is 5.47. The van der Waals surface area contributed by atoms with E-state index in [1.54, 1.807) is 13.8 Å². The standard InChI is InChI=1S/C14H20N2O3/c1-9(10(2)14(18)19)13(17)16-8-4-6-12(16)11-5-3-7-15-11/h3,5,7,9-10,12,15H,4,6,8H2,1-2H3,(H,18,19). The number of nitrogens with one attached hydrogen (secondary N) is 1. The molecule has 0 aromatic carbocycles. The summed E-state index contributed by atoms with van der Waals surface area (Å²) in [6.45, 7) is 4.00. The van der Waals surface area contributed by atoms with Gasteiger partial charge in [0.15, 0.2) is 0 Å². The van der Waals surface area contributed by atoms with Crippen LogP contribution in [0.15, 0.2) is 18.3 Å². The van der Waals surface area contributed by atoms with Gasteiger partial charge in [0.25, 0.3) is 0 Å². The maximum absolute atomic E-state index is 12.4. The second-order valence-corrected chi connectivity index (χ2v) is 5.23. The fraction of sp³-hybridized carbons (Fsp3) is 0.571. The first kappa shape index (κ1) is 13.6. The van der Waals surface area contributed by atoms with Gasteiger partial charge in [0.2, 0.25) is 5.91 Å². The van der Waals surface area contributed by atoms with Crippen molar-refractivity contribution in [3.05, 3.63) is 24.0 Å². The number of carbonyl (C=O) groups is 2. The molecular weight excluding hydrogens is 244 g/mol. The van der Waals surface area contributed by atoms with E-state index in [1.165, 1.54) is 0 Å². The first-order valence-electron chi connectivity index (χ1n) is 6.69. The van der Waals surface area contributed by atoms with Crippen molar-refractivity contribution in [3.63, 3.8) is 0 Å². The molecule has 2 N–H and O–H groups in total. The van der Waals surface area contributed by atoms with Crippen molar-refractivity contribution in [2.75, 3.05) is 6.54 Å². The molecule has 1 aromatic heterocycles. The van der Waals surface area contributed by atoms with Crippen LogP contribution in [0.4, 0.5) is 0 Å². The molecule has 0 aliphatic carbocycles. The molecule has 0 saturated carbocycles.